The monoisotopic (exact) mass is 249 g/mol. The van der Waals surface area contributed by atoms with E-state index < -0.39 is 23.7 Å². The van der Waals surface area contributed by atoms with Gasteiger partial charge in [-0.25, -0.2) is 9.59 Å². The van der Waals surface area contributed by atoms with Gasteiger partial charge in [0.05, 0.1) is 0 Å². The lowest BCUT2D eigenvalue weighted by Gasteiger charge is -2.22. The Balaban J connectivity index is 0. The lowest BCUT2D eigenvalue weighted by molar-refractivity contribution is -0.139. The van der Waals surface area contributed by atoms with E-state index in [1.54, 1.807) is 20.8 Å². The number of rotatable bonds is 4. The topological polar surface area (TPSA) is 107 Å². The first-order valence-corrected chi connectivity index (χ1v) is 5.34. The Bertz CT molecular complexity index is 257. The van der Waals surface area contributed by atoms with Crippen LogP contribution in [0.4, 0.5) is 4.79 Å². The van der Waals surface area contributed by atoms with Gasteiger partial charge in [-0.05, 0) is 33.1 Å². The number of carbonyl (C=O) groups excluding carboxylic acids is 1. The summed E-state index contributed by atoms with van der Waals surface area (Å²) in [7, 11) is 0. The first kappa shape index (κ1) is 18.1. The third-order valence-electron chi connectivity index (χ3n) is 1.70. The Kier molecular flexibility index (Phi) is 7.56. The molecular formula is C11H23NO5. The van der Waals surface area contributed by atoms with Crippen molar-refractivity contribution in [3.05, 3.63) is 0 Å². The molecule has 0 spiro atoms. The summed E-state index contributed by atoms with van der Waals surface area (Å²) in [6.45, 7) is 8.97. The van der Waals surface area contributed by atoms with Crippen LogP contribution in [0.5, 0.6) is 0 Å². The molecule has 0 aromatic rings. The summed E-state index contributed by atoms with van der Waals surface area (Å²) in [5, 5.41) is 11.2. The smallest absolute Gasteiger partial charge is 0.408 e. The first-order chi connectivity index (χ1) is 7.11. The Morgan fingerprint density at radius 2 is 1.76 bits per heavy atom. The van der Waals surface area contributed by atoms with Crippen molar-refractivity contribution in [3.8, 4) is 0 Å². The van der Waals surface area contributed by atoms with Crippen LogP contribution in [-0.2, 0) is 9.53 Å². The van der Waals surface area contributed by atoms with Crippen LogP contribution >= 0.6 is 0 Å². The lowest BCUT2D eigenvalue weighted by atomic mass is 10.0. The second kappa shape index (κ2) is 7.11. The minimum atomic E-state index is -1.04. The van der Waals surface area contributed by atoms with Crippen LogP contribution < -0.4 is 5.32 Å². The van der Waals surface area contributed by atoms with Crippen LogP contribution in [0.2, 0.25) is 0 Å². The van der Waals surface area contributed by atoms with E-state index in [9.17, 15) is 9.59 Å². The average molecular weight is 249 g/mol. The van der Waals surface area contributed by atoms with E-state index in [-0.39, 0.29) is 11.4 Å². The second-order valence-corrected chi connectivity index (χ2v) is 5.17. The highest BCUT2D eigenvalue weighted by Gasteiger charge is 2.24. The Hall–Kier alpha value is -1.30. The van der Waals surface area contributed by atoms with Gasteiger partial charge in [-0.15, -0.1) is 0 Å². The molecule has 0 aliphatic heterocycles. The molecule has 0 fully saturated rings. The molecule has 17 heavy (non-hydrogen) atoms. The molecule has 0 rings (SSSR count). The van der Waals surface area contributed by atoms with Crippen LogP contribution in [0.15, 0.2) is 0 Å². The Labute approximate surface area is 102 Å². The van der Waals surface area contributed by atoms with Gasteiger partial charge < -0.3 is 20.6 Å². The summed E-state index contributed by atoms with van der Waals surface area (Å²) in [5.74, 6) is -0.851. The minimum Gasteiger partial charge on any atom is -0.480 e. The van der Waals surface area contributed by atoms with E-state index in [1.165, 1.54) is 0 Å². The van der Waals surface area contributed by atoms with Crippen molar-refractivity contribution >= 4 is 12.1 Å². The zero-order valence-corrected chi connectivity index (χ0v) is 11.0. The molecule has 0 aromatic carbocycles. The average Bonchev–Trinajstić information content (AvgIpc) is 1.97. The summed E-state index contributed by atoms with van der Waals surface area (Å²) < 4.78 is 4.99. The van der Waals surface area contributed by atoms with E-state index in [0.717, 1.165) is 0 Å². The molecular weight excluding hydrogens is 226 g/mol. The highest BCUT2D eigenvalue weighted by molar-refractivity contribution is 5.79. The van der Waals surface area contributed by atoms with Crippen LogP contribution in [0.3, 0.4) is 0 Å². The number of aliphatic carboxylic acids is 1. The summed E-state index contributed by atoms with van der Waals surface area (Å²) >= 11 is 0. The number of nitrogens with one attached hydrogen (secondary N) is 1. The molecule has 102 valence electrons. The standard InChI is InChI=1S/C11H21NO4.H2O/c1-7(2)6-8(9(13)14)12-10(15)16-11(3,4)5;/h7-8H,6H2,1-5H3,(H,12,15)(H,13,14);1H2/t8-;/m0./s1. The number of ether oxygens (including phenoxy) is 1. The molecule has 0 radical (unpaired) electrons. The predicted molar refractivity (Wildman–Crippen MR) is 63.9 cm³/mol. The molecule has 0 aliphatic rings. The maximum absolute atomic E-state index is 11.4. The summed E-state index contributed by atoms with van der Waals surface area (Å²) in [5.41, 5.74) is -0.620. The normalized spacial score (nSPS) is 12.6. The van der Waals surface area contributed by atoms with Crippen LogP contribution in [0.1, 0.15) is 41.0 Å². The van der Waals surface area contributed by atoms with Gasteiger partial charge in [-0.1, -0.05) is 13.8 Å². The van der Waals surface area contributed by atoms with Crippen LogP contribution in [0.25, 0.3) is 0 Å². The number of carboxylic acids is 1. The van der Waals surface area contributed by atoms with E-state index in [1.807, 2.05) is 13.8 Å². The minimum absolute atomic E-state index is 0. The van der Waals surface area contributed by atoms with E-state index in [2.05, 4.69) is 5.32 Å². The molecule has 0 saturated carbocycles. The zero-order valence-electron chi connectivity index (χ0n) is 11.0. The number of amides is 1. The van der Waals surface area contributed by atoms with Crippen LogP contribution in [0, 0.1) is 5.92 Å². The quantitative estimate of drug-likeness (QED) is 0.780. The van der Waals surface area contributed by atoms with E-state index in [0.29, 0.717) is 6.42 Å². The molecule has 4 N–H and O–H groups in total. The van der Waals surface area contributed by atoms with Crippen molar-refractivity contribution in [1.82, 2.24) is 5.32 Å². The summed E-state index contributed by atoms with van der Waals surface area (Å²) in [6.07, 6.45) is -0.310. The van der Waals surface area contributed by atoms with Gasteiger partial charge in [0.2, 0.25) is 0 Å². The third-order valence-corrected chi connectivity index (χ3v) is 1.70. The Morgan fingerprint density at radius 1 is 1.29 bits per heavy atom. The molecule has 0 unspecified atom stereocenters. The van der Waals surface area contributed by atoms with Crippen molar-refractivity contribution < 1.29 is 24.9 Å². The lowest BCUT2D eigenvalue weighted by Crippen LogP contribution is -2.44. The largest absolute Gasteiger partial charge is 0.480 e. The fourth-order valence-electron chi connectivity index (χ4n) is 1.14. The highest BCUT2D eigenvalue weighted by Crippen LogP contribution is 2.09. The van der Waals surface area contributed by atoms with Crippen molar-refractivity contribution in [2.75, 3.05) is 0 Å². The molecule has 0 aliphatic carbocycles. The van der Waals surface area contributed by atoms with Gasteiger partial charge in [0, 0.05) is 0 Å². The highest BCUT2D eigenvalue weighted by atomic mass is 16.6. The molecule has 0 aromatic heterocycles. The molecule has 6 nitrogen and oxygen atoms in total. The molecule has 0 bridgehead atoms. The number of carbonyl (C=O) groups is 2. The Morgan fingerprint density at radius 3 is 2.06 bits per heavy atom. The molecule has 1 atom stereocenters. The first-order valence-electron chi connectivity index (χ1n) is 5.34. The molecule has 6 heteroatoms. The van der Waals surface area contributed by atoms with Crippen LogP contribution in [-0.4, -0.2) is 34.3 Å². The van der Waals surface area contributed by atoms with Gasteiger partial charge >= 0.3 is 12.1 Å². The maximum Gasteiger partial charge on any atom is 0.408 e. The summed E-state index contributed by atoms with van der Waals surface area (Å²) in [6, 6.07) is -0.894. The van der Waals surface area contributed by atoms with Crippen molar-refractivity contribution in [2.24, 2.45) is 5.92 Å². The van der Waals surface area contributed by atoms with E-state index >= 15 is 0 Å². The van der Waals surface area contributed by atoms with Crippen molar-refractivity contribution in [3.63, 3.8) is 0 Å². The SMILES string of the molecule is CC(C)C[C@H](NC(=O)OC(C)(C)C)C(=O)O.O. The zero-order chi connectivity index (χ0) is 12.9. The van der Waals surface area contributed by atoms with Crippen molar-refractivity contribution in [2.45, 2.75) is 52.7 Å². The van der Waals surface area contributed by atoms with Gasteiger partial charge in [-0.3, -0.25) is 0 Å². The second-order valence-electron chi connectivity index (χ2n) is 5.17. The summed E-state index contributed by atoms with van der Waals surface area (Å²) in [4.78, 5) is 22.2. The maximum atomic E-state index is 11.4. The molecule has 1 amide bonds. The number of alkyl carbamates (subject to hydrolysis) is 1. The molecule has 0 heterocycles. The van der Waals surface area contributed by atoms with Crippen molar-refractivity contribution in [1.29, 1.82) is 0 Å². The number of hydrogen-bond acceptors (Lipinski definition) is 3. The fraction of sp³-hybridized carbons (Fsp3) is 0.818. The van der Waals surface area contributed by atoms with Gasteiger partial charge in [0.15, 0.2) is 0 Å². The number of hydrogen-bond donors (Lipinski definition) is 2. The van der Waals surface area contributed by atoms with Gasteiger partial charge in [-0.2, -0.15) is 0 Å². The third kappa shape index (κ3) is 9.62. The molecule has 0 saturated heterocycles. The van der Waals surface area contributed by atoms with E-state index in [4.69, 9.17) is 9.84 Å². The number of carboxylic acid groups (broad SMARTS) is 1. The van der Waals surface area contributed by atoms with Gasteiger partial charge in [0.1, 0.15) is 11.6 Å². The predicted octanol–water partition coefficient (Wildman–Crippen LogP) is 1.19. The fourth-order valence-corrected chi connectivity index (χ4v) is 1.14. The van der Waals surface area contributed by atoms with Gasteiger partial charge in [0.25, 0.3) is 0 Å².